The van der Waals surface area contributed by atoms with E-state index >= 15 is 0 Å². The van der Waals surface area contributed by atoms with E-state index in [-0.39, 0.29) is 0 Å². The number of nitrogen functional groups attached to an aromatic ring is 1. The van der Waals surface area contributed by atoms with Crippen molar-refractivity contribution in [3.05, 3.63) is 12.1 Å². The fraction of sp³-hybridized carbons (Fsp3) is 0.688. The molecular weight excluding hydrogens is 250 g/mol. The maximum Gasteiger partial charge on any atom is 0.239 e. The molecule has 1 aromatic rings. The smallest absolute Gasteiger partial charge is 0.239 e. The van der Waals surface area contributed by atoms with Gasteiger partial charge in [0.15, 0.2) is 0 Å². The number of nitrogens with zero attached hydrogens (tertiary/aromatic N) is 1. The largest absolute Gasteiger partial charge is 0.476 e. The monoisotopic (exact) mass is 275 g/mol. The van der Waals surface area contributed by atoms with Gasteiger partial charge in [-0.25, -0.2) is 0 Å². The van der Waals surface area contributed by atoms with Gasteiger partial charge < -0.3 is 15.8 Å². The number of ether oxygens (including phenoxy) is 1. The van der Waals surface area contributed by atoms with Crippen molar-refractivity contribution in [2.45, 2.75) is 44.9 Å². The van der Waals surface area contributed by atoms with E-state index < -0.39 is 0 Å². The highest BCUT2D eigenvalue weighted by atomic mass is 16.5. The van der Waals surface area contributed by atoms with E-state index in [1.54, 1.807) is 0 Å². The molecule has 2 aliphatic rings. The van der Waals surface area contributed by atoms with Gasteiger partial charge in [0.2, 0.25) is 5.88 Å². The molecule has 2 saturated carbocycles. The van der Waals surface area contributed by atoms with E-state index in [2.05, 4.69) is 10.3 Å². The zero-order valence-corrected chi connectivity index (χ0v) is 12.1. The Morgan fingerprint density at radius 1 is 1.10 bits per heavy atom. The molecule has 3 N–H and O–H groups in total. The van der Waals surface area contributed by atoms with Gasteiger partial charge in [-0.15, -0.1) is 0 Å². The molecule has 0 radical (unpaired) electrons. The molecule has 3 rings (SSSR count). The van der Waals surface area contributed by atoms with E-state index in [1.807, 2.05) is 12.1 Å². The number of aromatic nitrogens is 1. The minimum atomic E-state index is 0.588. The first kappa shape index (κ1) is 13.5. The Hall–Kier alpha value is -1.45. The molecule has 4 heteroatoms. The van der Waals surface area contributed by atoms with E-state index in [1.165, 1.54) is 44.9 Å². The summed E-state index contributed by atoms with van der Waals surface area (Å²) in [7, 11) is 0. The lowest BCUT2D eigenvalue weighted by molar-refractivity contribution is 0.290. The molecule has 0 amide bonds. The second kappa shape index (κ2) is 6.33. The first-order chi connectivity index (χ1) is 9.81. The summed E-state index contributed by atoms with van der Waals surface area (Å²) in [6, 6.07) is 3.83. The minimum Gasteiger partial charge on any atom is -0.476 e. The summed E-state index contributed by atoms with van der Waals surface area (Å²) in [5.41, 5.74) is 6.55. The third kappa shape index (κ3) is 3.78. The van der Waals surface area contributed by atoms with Crippen LogP contribution >= 0.6 is 0 Å². The Morgan fingerprint density at radius 2 is 1.90 bits per heavy atom. The van der Waals surface area contributed by atoms with Crippen LogP contribution in [0.4, 0.5) is 11.5 Å². The lowest BCUT2D eigenvalue weighted by atomic mass is 9.89. The fourth-order valence-corrected chi connectivity index (χ4v) is 2.79. The van der Waals surface area contributed by atoms with Crippen molar-refractivity contribution in [3.63, 3.8) is 0 Å². The zero-order valence-electron chi connectivity index (χ0n) is 12.1. The highest BCUT2D eigenvalue weighted by molar-refractivity contribution is 5.53. The van der Waals surface area contributed by atoms with Crippen LogP contribution in [0.1, 0.15) is 44.9 Å². The maximum absolute atomic E-state index is 5.92. The topological polar surface area (TPSA) is 60.2 Å². The minimum absolute atomic E-state index is 0.588. The van der Waals surface area contributed by atoms with Crippen molar-refractivity contribution < 1.29 is 4.74 Å². The van der Waals surface area contributed by atoms with Crippen LogP contribution in [0.5, 0.6) is 5.88 Å². The maximum atomic E-state index is 5.92. The number of hydrogen-bond donors (Lipinski definition) is 2. The Labute approximate surface area is 121 Å². The SMILES string of the molecule is Nc1ccc(NCC2CCCCC2)nc1OCC1CC1. The standard InChI is InChI=1S/C16H25N3O/c17-14-8-9-15(18-10-12-4-2-1-3-5-12)19-16(14)20-11-13-6-7-13/h8-9,12-13H,1-7,10-11,17H2,(H,18,19). The van der Waals surface area contributed by atoms with Crippen LogP contribution in [0.2, 0.25) is 0 Å². The first-order valence-electron chi connectivity index (χ1n) is 7.94. The van der Waals surface area contributed by atoms with Crippen molar-refractivity contribution in [1.82, 2.24) is 4.98 Å². The van der Waals surface area contributed by atoms with Gasteiger partial charge >= 0.3 is 0 Å². The molecule has 0 bridgehead atoms. The van der Waals surface area contributed by atoms with Crippen molar-refractivity contribution in [2.75, 3.05) is 24.2 Å². The van der Waals surface area contributed by atoms with E-state index in [0.29, 0.717) is 11.6 Å². The molecule has 0 atom stereocenters. The summed E-state index contributed by atoms with van der Waals surface area (Å²) in [5, 5.41) is 3.44. The van der Waals surface area contributed by atoms with Crippen molar-refractivity contribution in [3.8, 4) is 5.88 Å². The quantitative estimate of drug-likeness (QED) is 0.835. The van der Waals surface area contributed by atoms with Crippen LogP contribution in [-0.2, 0) is 0 Å². The van der Waals surface area contributed by atoms with Gasteiger partial charge in [-0.1, -0.05) is 19.3 Å². The number of nitrogens with one attached hydrogen (secondary N) is 1. The van der Waals surface area contributed by atoms with Gasteiger partial charge in [0.1, 0.15) is 5.82 Å². The third-order valence-corrected chi connectivity index (χ3v) is 4.34. The summed E-state index contributed by atoms with van der Waals surface area (Å²) in [5.74, 6) is 2.98. The molecule has 0 unspecified atom stereocenters. The second-order valence-corrected chi connectivity index (χ2v) is 6.23. The summed E-state index contributed by atoms with van der Waals surface area (Å²) in [6.07, 6.45) is 9.38. The van der Waals surface area contributed by atoms with Crippen molar-refractivity contribution in [1.29, 1.82) is 0 Å². The average Bonchev–Trinajstić information content (AvgIpc) is 3.30. The Morgan fingerprint density at radius 3 is 2.65 bits per heavy atom. The second-order valence-electron chi connectivity index (χ2n) is 6.23. The summed E-state index contributed by atoms with van der Waals surface area (Å²) in [4.78, 5) is 4.50. The van der Waals surface area contributed by atoms with Crippen molar-refractivity contribution in [2.24, 2.45) is 11.8 Å². The highest BCUT2D eigenvalue weighted by Crippen LogP contribution is 2.31. The predicted octanol–water partition coefficient (Wildman–Crippen LogP) is 3.44. The van der Waals surface area contributed by atoms with Crippen LogP contribution in [0.25, 0.3) is 0 Å². The lowest BCUT2D eigenvalue weighted by Crippen LogP contribution is -2.17. The summed E-state index contributed by atoms with van der Waals surface area (Å²) >= 11 is 0. The molecule has 0 aromatic carbocycles. The van der Waals surface area contributed by atoms with E-state index in [4.69, 9.17) is 10.5 Å². The number of rotatable bonds is 6. The molecule has 4 nitrogen and oxygen atoms in total. The molecule has 2 aliphatic carbocycles. The molecule has 0 aliphatic heterocycles. The lowest BCUT2D eigenvalue weighted by Gasteiger charge is -2.22. The Balaban J connectivity index is 1.53. The highest BCUT2D eigenvalue weighted by Gasteiger charge is 2.22. The zero-order chi connectivity index (χ0) is 13.8. The van der Waals surface area contributed by atoms with Gasteiger partial charge in [-0.2, -0.15) is 4.98 Å². The number of nitrogens with two attached hydrogens (primary N) is 1. The summed E-state index contributed by atoms with van der Waals surface area (Å²) < 4.78 is 5.72. The molecule has 1 aromatic heterocycles. The van der Waals surface area contributed by atoms with Crippen LogP contribution in [0.3, 0.4) is 0 Å². The molecule has 2 fully saturated rings. The van der Waals surface area contributed by atoms with Crippen LogP contribution in [0.15, 0.2) is 12.1 Å². The van der Waals surface area contributed by atoms with Crippen LogP contribution in [0, 0.1) is 11.8 Å². The molecular formula is C16H25N3O. The Bertz CT molecular complexity index is 439. The molecule has 110 valence electrons. The van der Waals surface area contributed by atoms with Crippen LogP contribution < -0.4 is 15.8 Å². The number of pyridine rings is 1. The molecule has 20 heavy (non-hydrogen) atoms. The Kier molecular flexibility index (Phi) is 4.28. The number of anilines is 2. The number of hydrogen-bond acceptors (Lipinski definition) is 4. The average molecular weight is 275 g/mol. The first-order valence-corrected chi connectivity index (χ1v) is 7.94. The van der Waals surface area contributed by atoms with Gasteiger partial charge in [-0.05, 0) is 49.7 Å². The predicted molar refractivity (Wildman–Crippen MR) is 81.9 cm³/mol. The molecule has 0 spiro atoms. The van der Waals surface area contributed by atoms with Gasteiger partial charge in [0.25, 0.3) is 0 Å². The third-order valence-electron chi connectivity index (χ3n) is 4.34. The van der Waals surface area contributed by atoms with Crippen molar-refractivity contribution >= 4 is 11.5 Å². The van der Waals surface area contributed by atoms with E-state index in [9.17, 15) is 0 Å². The van der Waals surface area contributed by atoms with Gasteiger partial charge in [-0.3, -0.25) is 0 Å². The fourth-order valence-electron chi connectivity index (χ4n) is 2.79. The normalized spacial score (nSPS) is 19.8. The van der Waals surface area contributed by atoms with Gasteiger partial charge in [0, 0.05) is 6.54 Å². The summed E-state index contributed by atoms with van der Waals surface area (Å²) in [6.45, 7) is 1.77. The molecule has 1 heterocycles. The van der Waals surface area contributed by atoms with Gasteiger partial charge in [0.05, 0.1) is 12.3 Å². The molecule has 0 saturated heterocycles. The van der Waals surface area contributed by atoms with Crippen LogP contribution in [-0.4, -0.2) is 18.1 Å². The van der Waals surface area contributed by atoms with E-state index in [0.717, 1.165) is 30.8 Å².